The molecule has 7 heteroatoms. The van der Waals surface area contributed by atoms with Crippen molar-refractivity contribution in [3.8, 4) is 0 Å². The van der Waals surface area contributed by atoms with E-state index in [9.17, 15) is 4.79 Å². The molecule has 0 spiro atoms. The molecule has 0 saturated carbocycles. The summed E-state index contributed by atoms with van der Waals surface area (Å²) >= 11 is 6.14. The Balaban J connectivity index is 1.22. The van der Waals surface area contributed by atoms with Gasteiger partial charge in [-0.3, -0.25) is 19.6 Å². The van der Waals surface area contributed by atoms with Crippen LogP contribution >= 0.6 is 11.6 Å². The van der Waals surface area contributed by atoms with Crippen LogP contribution in [0.15, 0.2) is 79.1 Å². The predicted octanol–water partition coefficient (Wildman–Crippen LogP) is 4.34. The number of rotatable bonds is 10. The molecular weight excluding hydrogens is 460 g/mol. The Morgan fingerprint density at radius 1 is 0.943 bits per heavy atom. The van der Waals surface area contributed by atoms with Gasteiger partial charge < -0.3 is 10.1 Å². The Morgan fingerprint density at radius 2 is 1.60 bits per heavy atom. The molecule has 2 aromatic carbocycles. The van der Waals surface area contributed by atoms with Gasteiger partial charge in [0.15, 0.2) is 0 Å². The second kappa shape index (κ2) is 12.8. The number of carbonyl (C=O) groups excluding carboxylic acids is 1. The standard InChI is InChI=1S/C28H33ClN4O2/c1-22(23-11-13-30-14-12-23)31-27(34)21-35-20-19-32-15-17-33(18-16-32)28(24-5-3-2-4-6-24)25-7-9-26(29)10-8-25/h2-14,22,28H,15-21H2,1H3,(H,31,34). The van der Waals surface area contributed by atoms with Crippen molar-refractivity contribution in [3.63, 3.8) is 0 Å². The van der Waals surface area contributed by atoms with E-state index in [1.165, 1.54) is 11.1 Å². The van der Waals surface area contributed by atoms with E-state index in [1.54, 1.807) is 12.4 Å². The van der Waals surface area contributed by atoms with Crippen molar-refractivity contribution in [3.05, 3.63) is 101 Å². The van der Waals surface area contributed by atoms with Gasteiger partial charge in [-0.2, -0.15) is 0 Å². The van der Waals surface area contributed by atoms with Crippen LogP contribution in [0.1, 0.15) is 35.7 Å². The Kier molecular flexibility index (Phi) is 9.26. The number of benzene rings is 2. The highest BCUT2D eigenvalue weighted by molar-refractivity contribution is 6.30. The van der Waals surface area contributed by atoms with Crippen LogP contribution in [0.3, 0.4) is 0 Å². The van der Waals surface area contributed by atoms with Gasteiger partial charge in [0.25, 0.3) is 0 Å². The molecule has 4 rings (SSSR count). The maximum absolute atomic E-state index is 12.2. The molecule has 0 radical (unpaired) electrons. The number of amides is 1. The third kappa shape index (κ3) is 7.36. The van der Waals surface area contributed by atoms with E-state index in [2.05, 4.69) is 62.6 Å². The molecule has 1 amide bonds. The van der Waals surface area contributed by atoms with E-state index in [-0.39, 0.29) is 24.6 Å². The summed E-state index contributed by atoms with van der Waals surface area (Å²) in [6.07, 6.45) is 3.46. The van der Waals surface area contributed by atoms with E-state index >= 15 is 0 Å². The van der Waals surface area contributed by atoms with Crippen molar-refractivity contribution in [2.45, 2.75) is 19.0 Å². The molecule has 3 aromatic rings. The van der Waals surface area contributed by atoms with Gasteiger partial charge in [-0.05, 0) is 47.9 Å². The van der Waals surface area contributed by atoms with Crippen LogP contribution in [-0.2, 0) is 9.53 Å². The molecule has 2 atom stereocenters. The summed E-state index contributed by atoms with van der Waals surface area (Å²) in [4.78, 5) is 21.1. The summed E-state index contributed by atoms with van der Waals surface area (Å²) in [5.74, 6) is -0.104. The second-order valence-corrected chi connectivity index (χ2v) is 9.30. The first-order valence-corrected chi connectivity index (χ1v) is 12.5. The minimum atomic E-state index is -0.104. The molecule has 1 aromatic heterocycles. The molecule has 1 fully saturated rings. The minimum absolute atomic E-state index is 0.0691. The molecule has 1 N–H and O–H groups in total. The summed E-state index contributed by atoms with van der Waals surface area (Å²) in [5.41, 5.74) is 3.57. The first kappa shape index (κ1) is 25.3. The fourth-order valence-corrected chi connectivity index (χ4v) is 4.64. The zero-order valence-electron chi connectivity index (χ0n) is 20.1. The second-order valence-electron chi connectivity index (χ2n) is 8.86. The Labute approximate surface area is 212 Å². The summed E-state index contributed by atoms with van der Waals surface area (Å²) in [5, 5.41) is 3.72. The number of aromatic nitrogens is 1. The third-order valence-electron chi connectivity index (χ3n) is 6.44. The number of halogens is 1. The van der Waals surface area contributed by atoms with E-state index in [4.69, 9.17) is 16.3 Å². The lowest BCUT2D eigenvalue weighted by Gasteiger charge is -2.39. The van der Waals surface area contributed by atoms with Crippen molar-refractivity contribution < 1.29 is 9.53 Å². The molecular formula is C28H33ClN4O2. The van der Waals surface area contributed by atoms with Crippen molar-refractivity contribution in [1.29, 1.82) is 0 Å². The highest BCUT2D eigenvalue weighted by Gasteiger charge is 2.26. The minimum Gasteiger partial charge on any atom is -0.370 e. The Bertz CT molecular complexity index is 1040. The van der Waals surface area contributed by atoms with Crippen molar-refractivity contribution in [1.82, 2.24) is 20.1 Å². The number of ether oxygens (including phenoxy) is 1. The van der Waals surface area contributed by atoms with Gasteiger partial charge >= 0.3 is 0 Å². The van der Waals surface area contributed by atoms with E-state index in [1.807, 2.05) is 31.2 Å². The van der Waals surface area contributed by atoms with Crippen LogP contribution in [0.25, 0.3) is 0 Å². The highest BCUT2D eigenvalue weighted by atomic mass is 35.5. The molecule has 1 aliphatic heterocycles. The molecule has 0 aliphatic carbocycles. The summed E-state index contributed by atoms with van der Waals surface area (Å²) < 4.78 is 5.67. The largest absolute Gasteiger partial charge is 0.370 e. The van der Waals surface area contributed by atoms with Crippen LogP contribution in [0, 0.1) is 0 Å². The van der Waals surface area contributed by atoms with Gasteiger partial charge in [0, 0.05) is 50.1 Å². The maximum atomic E-state index is 12.2. The van der Waals surface area contributed by atoms with Crippen LogP contribution < -0.4 is 5.32 Å². The number of nitrogens with one attached hydrogen (secondary N) is 1. The molecule has 2 unspecified atom stereocenters. The normalized spacial score (nSPS) is 16.5. The fourth-order valence-electron chi connectivity index (χ4n) is 4.52. The van der Waals surface area contributed by atoms with Crippen LogP contribution in [0.5, 0.6) is 0 Å². The zero-order chi connectivity index (χ0) is 24.5. The summed E-state index contributed by atoms with van der Waals surface area (Å²) in [7, 11) is 0. The van der Waals surface area contributed by atoms with E-state index < -0.39 is 0 Å². The van der Waals surface area contributed by atoms with Crippen molar-refractivity contribution in [2.75, 3.05) is 45.9 Å². The maximum Gasteiger partial charge on any atom is 0.246 e. The summed E-state index contributed by atoms with van der Waals surface area (Å²) in [6, 6.07) is 22.8. The van der Waals surface area contributed by atoms with E-state index in [0.29, 0.717) is 6.61 Å². The lowest BCUT2D eigenvalue weighted by molar-refractivity contribution is -0.126. The SMILES string of the molecule is CC(NC(=O)COCCN1CCN(C(c2ccccc2)c2ccc(Cl)cc2)CC1)c1ccncc1. The van der Waals surface area contributed by atoms with Crippen LogP contribution in [-0.4, -0.2) is 66.6 Å². The fraction of sp³-hybridized carbons (Fsp3) is 0.357. The lowest BCUT2D eigenvalue weighted by Crippen LogP contribution is -2.48. The monoisotopic (exact) mass is 492 g/mol. The van der Waals surface area contributed by atoms with Crippen LogP contribution in [0.4, 0.5) is 0 Å². The van der Waals surface area contributed by atoms with Gasteiger partial charge in [0.05, 0.1) is 18.7 Å². The summed E-state index contributed by atoms with van der Waals surface area (Å²) in [6.45, 7) is 7.24. The number of pyridine rings is 1. The van der Waals surface area contributed by atoms with Gasteiger partial charge in [0.1, 0.15) is 6.61 Å². The first-order valence-electron chi connectivity index (χ1n) is 12.1. The number of hydrogen-bond donors (Lipinski definition) is 1. The Hall–Kier alpha value is -2.77. The molecule has 1 saturated heterocycles. The Morgan fingerprint density at radius 3 is 2.29 bits per heavy atom. The number of piperazine rings is 1. The molecule has 0 bridgehead atoms. The lowest BCUT2D eigenvalue weighted by atomic mass is 9.96. The smallest absolute Gasteiger partial charge is 0.246 e. The number of hydrogen-bond acceptors (Lipinski definition) is 5. The zero-order valence-corrected chi connectivity index (χ0v) is 20.9. The van der Waals surface area contributed by atoms with Gasteiger partial charge in [-0.15, -0.1) is 0 Å². The van der Waals surface area contributed by atoms with Crippen molar-refractivity contribution in [2.24, 2.45) is 0 Å². The number of carbonyl (C=O) groups is 1. The molecule has 6 nitrogen and oxygen atoms in total. The average Bonchev–Trinajstić information content (AvgIpc) is 2.90. The topological polar surface area (TPSA) is 57.7 Å². The van der Waals surface area contributed by atoms with Crippen LogP contribution in [0.2, 0.25) is 5.02 Å². The van der Waals surface area contributed by atoms with Gasteiger partial charge in [-0.25, -0.2) is 0 Å². The number of nitrogens with zero attached hydrogens (tertiary/aromatic N) is 3. The quantitative estimate of drug-likeness (QED) is 0.427. The molecule has 184 valence electrons. The average molecular weight is 493 g/mol. The molecule has 2 heterocycles. The van der Waals surface area contributed by atoms with Gasteiger partial charge in [-0.1, -0.05) is 54.1 Å². The van der Waals surface area contributed by atoms with Crippen molar-refractivity contribution >= 4 is 17.5 Å². The predicted molar refractivity (Wildman–Crippen MR) is 139 cm³/mol. The molecule has 1 aliphatic rings. The van der Waals surface area contributed by atoms with Gasteiger partial charge in [0.2, 0.25) is 5.91 Å². The highest BCUT2D eigenvalue weighted by Crippen LogP contribution is 2.30. The third-order valence-corrected chi connectivity index (χ3v) is 6.69. The molecule has 35 heavy (non-hydrogen) atoms. The van der Waals surface area contributed by atoms with E-state index in [0.717, 1.165) is 43.3 Å². The first-order chi connectivity index (χ1) is 17.1.